The van der Waals surface area contributed by atoms with E-state index in [1.165, 1.54) is 156 Å². The van der Waals surface area contributed by atoms with Crippen molar-refractivity contribution in [3.63, 3.8) is 0 Å². The first-order valence-electron chi connectivity index (χ1n) is 37.2. The molecule has 17 aromatic rings. The van der Waals surface area contributed by atoms with Crippen LogP contribution in [0.4, 0.5) is 0 Å². The molecule has 10 heteroatoms. The third-order valence-electron chi connectivity index (χ3n) is 21.3. The van der Waals surface area contributed by atoms with Gasteiger partial charge in [-0.2, -0.15) is 13.7 Å². The van der Waals surface area contributed by atoms with Crippen molar-refractivity contribution in [3.8, 4) is 34.1 Å². The van der Waals surface area contributed by atoms with Crippen molar-refractivity contribution < 1.29 is 9.13 Å². The Hall–Kier alpha value is -11.5. The van der Waals surface area contributed by atoms with Crippen molar-refractivity contribution in [1.82, 2.24) is 37.0 Å². The van der Waals surface area contributed by atoms with Crippen molar-refractivity contribution in [2.75, 3.05) is 0 Å². The number of hydrogen-bond acceptors (Lipinski definition) is 1. The lowest BCUT2D eigenvalue weighted by Gasteiger charge is -2.21. The summed E-state index contributed by atoms with van der Waals surface area (Å²) in [4.78, 5) is 4.29. The highest BCUT2D eigenvalue weighted by Gasteiger charge is 2.27. The van der Waals surface area contributed by atoms with Gasteiger partial charge in [-0.25, -0.2) is 9.55 Å². The van der Waals surface area contributed by atoms with Crippen LogP contribution < -0.4 is 9.13 Å². The molecule has 0 spiro atoms. The Labute approximate surface area is 627 Å². The number of rotatable bonds is 6. The van der Waals surface area contributed by atoms with Gasteiger partial charge in [0, 0.05) is 79.2 Å². The molecule has 0 N–H and O–H groups in total. The van der Waals surface area contributed by atoms with E-state index in [0.717, 1.165) is 5.82 Å². The largest absolute Gasteiger partial charge is 0.337 e. The minimum absolute atomic E-state index is 0.152. The SMILES string of the molecule is Cc1ccc(C(C)(C)C)cc1-[n+]1ccn(-c2ccccc2)c1C.Cc1ccc(C(C)(C)C)cc1-n1c(C)[n+](C)c2ccccc21.Cc1ccc(C(C)(C)C)cc1-n1ccnc1C.Cc1ccccc1-n1c2ccccc2c2c3ccccc3n(C)c21.Cc1ccccc1-n1c2ccccc2c2ccn(C)c21. The van der Waals surface area contributed by atoms with Gasteiger partial charge in [-0.3, -0.25) is 9.13 Å². The third-order valence-corrected chi connectivity index (χ3v) is 21.3. The average Bonchev–Trinajstić information content (AvgIpc) is 1.55. The van der Waals surface area contributed by atoms with Gasteiger partial charge in [0.25, 0.3) is 11.6 Å². The number of benzene rings is 10. The van der Waals surface area contributed by atoms with Crippen LogP contribution >= 0.6 is 0 Å². The molecule has 536 valence electrons. The Kier molecular flexibility index (Phi) is 20.1. The molecule has 0 fully saturated rings. The van der Waals surface area contributed by atoms with E-state index in [-0.39, 0.29) is 16.2 Å². The Balaban J connectivity index is 0.000000118. The molecule has 0 aliphatic rings. The number of para-hydroxylation sites is 8. The smallest absolute Gasteiger partial charge is 0.263 e. The molecule has 0 unspecified atom stereocenters. The van der Waals surface area contributed by atoms with E-state index >= 15 is 0 Å². The summed E-state index contributed by atoms with van der Waals surface area (Å²) in [6, 6.07) is 84.7. The van der Waals surface area contributed by atoms with Crippen molar-refractivity contribution >= 4 is 65.8 Å². The molecule has 17 rings (SSSR count). The predicted octanol–water partition coefficient (Wildman–Crippen LogP) is 22.8. The molecule has 0 atom stereocenters. The molecule has 10 aromatic carbocycles. The van der Waals surface area contributed by atoms with Crippen molar-refractivity contribution in [1.29, 1.82) is 0 Å². The first kappa shape index (κ1) is 72.8. The molecule has 7 heterocycles. The standard InChI is InChI=1S/C22H18N2.C21H25N2.C20H25N2.C18H16N2.C15H20N2/c1-15-9-3-6-12-18(15)24-20-14-8-5-11-17(20)21-16-10-4-7-13-19(16)23(2)22(21)24;1-16-11-12-18(21(3,4)5)15-20(16)23-14-13-22(17(23)2)19-9-7-6-8-10-19;1-14-11-12-16(20(3,4)5)13-19(14)22-15(2)21(6)17-9-7-8-10-18(17)22;1-13-7-3-5-9-16(13)20-17-10-6-4-8-14(17)15-11-12-19(2)18(15)20;1-11-6-7-13(15(3,4)5)10-14(11)17-9-8-16-12(17)2/h3-14H,1-2H3;6-15H,1-5H3;7-13H,1-6H3;3-12H,1-2H3;6-10H,1-5H3/q;2*+1;;. The number of imidazole rings is 3. The molecule has 10 nitrogen and oxygen atoms in total. The Morgan fingerprint density at radius 3 is 1.39 bits per heavy atom. The van der Waals surface area contributed by atoms with E-state index in [4.69, 9.17) is 0 Å². The van der Waals surface area contributed by atoms with E-state index in [9.17, 15) is 0 Å². The lowest BCUT2D eigenvalue weighted by molar-refractivity contribution is -0.652. The summed E-state index contributed by atoms with van der Waals surface area (Å²) in [7, 11) is 6.41. The maximum Gasteiger partial charge on any atom is 0.263 e. The zero-order chi connectivity index (χ0) is 75.3. The first-order chi connectivity index (χ1) is 50.6. The van der Waals surface area contributed by atoms with Gasteiger partial charge in [0.05, 0.1) is 35.0 Å². The number of aryl methyl sites for hydroxylation is 9. The van der Waals surface area contributed by atoms with Crippen LogP contribution in [0.25, 0.3) is 99.9 Å². The first-order valence-corrected chi connectivity index (χ1v) is 37.2. The van der Waals surface area contributed by atoms with Crippen molar-refractivity contribution in [3.05, 3.63) is 330 Å². The summed E-state index contributed by atoms with van der Waals surface area (Å²) in [5.74, 6) is 3.47. The maximum atomic E-state index is 4.29. The van der Waals surface area contributed by atoms with E-state index in [1.54, 1.807) is 0 Å². The molecular weight excluding hydrogens is 1290 g/mol. The fraction of sp³-hybridized carbons (Fsp3) is 0.240. The molecule has 0 bridgehead atoms. The number of fused-ring (bicyclic) bond motifs is 9. The summed E-state index contributed by atoms with van der Waals surface area (Å²) < 4.78 is 20.6. The van der Waals surface area contributed by atoms with E-state index in [1.807, 2.05) is 25.4 Å². The van der Waals surface area contributed by atoms with Gasteiger partial charge in [0.15, 0.2) is 11.0 Å². The molecule has 0 radical (unpaired) electrons. The van der Waals surface area contributed by atoms with Crippen molar-refractivity contribution in [2.45, 2.75) is 134 Å². The second kappa shape index (κ2) is 29.2. The van der Waals surface area contributed by atoms with Crippen LogP contribution in [0.1, 0.15) is 124 Å². The monoisotopic (exact) mass is 1400 g/mol. The Morgan fingerprint density at radius 1 is 0.349 bits per heavy atom. The normalized spacial score (nSPS) is 11.8. The molecule has 106 heavy (non-hydrogen) atoms. The van der Waals surface area contributed by atoms with Crippen LogP contribution in [0.5, 0.6) is 0 Å². The number of aromatic nitrogens is 10. The highest BCUT2D eigenvalue weighted by atomic mass is 15.2. The lowest BCUT2D eigenvalue weighted by Crippen LogP contribution is -2.34. The topological polar surface area (TPSA) is 55.2 Å². The predicted molar refractivity (Wildman–Crippen MR) is 446 cm³/mol. The van der Waals surface area contributed by atoms with E-state index in [0.29, 0.717) is 0 Å². The van der Waals surface area contributed by atoms with Crippen LogP contribution in [0.15, 0.2) is 268 Å². The van der Waals surface area contributed by atoms with Gasteiger partial charge in [-0.1, -0.05) is 220 Å². The molecule has 0 amide bonds. The van der Waals surface area contributed by atoms with Gasteiger partial charge >= 0.3 is 0 Å². The fourth-order valence-corrected chi connectivity index (χ4v) is 15.0. The minimum Gasteiger partial charge on any atom is -0.337 e. The zero-order valence-electron chi connectivity index (χ0n) is 65.9. The van der Waals surface area contributed by atoms with Crippen molar-refractivity contribution in [2.24, 2.45) is 21.1 Å². The summed E-state index contributed by atoms with van der Waals surface area (Å²) in [6.07, 6.45) is 10.3. The molecule has 0 saturated heterocycles. The van der Waals surface area contributed by atoms with Crippen LogP contribution in [0.3, 0.4) is 0 Å². The van der Waals surface area contributed by atoms with Gasteiger partial charge in [-0.15, -0.1) is 0 Å². The van der Waals surface area contributed by atoms with Gasteiger partial charge in [-0.05, 0) is 181 Å². The fourth-order valence-electron chi connectivity index (χ4n) is 15.0. The van der Waals surface area contributed by atoms with E-state index in [2.05, 4.69) is 427 Å². The summed E-state index contributed by atoms with van der Waals surface area (Å²) in [5, 5.41) is 6.59. The second-order valence-electron chi connectivity index (χ2n) is 31.7. The third kappa shape index (κ3) is 14.0. The quantitative estimate of drug-likeness (QED) is 0.153. The van der Waals surface area contributed by atoms with Crippen LogP contribution in [-0.4, -0.2) is 37.0 Å². The number of nitrogens with zero attached hydrogens (tertiary/aromatic N) is 10. The van der Waals surface area contributed by atoms with Crippen LogP contribution in [0.2, 0.25) is 0 Å². The average molecular weight is 1400 g/mol. The van der Waals surface area contributed by atoms with Gasteiger partial charge < -0.3 is 13.7 Å². The van der Waals surface area contributed by atoms with Gasteiger partial charge in [0.1, 0.15) is 46.6 Å². The van der Waals surface area contributed by atoms with Gasteiger partial charge in [0.2, 0.25) is 0 Å². The minimum atomic E-state index is 0.152. The Morgan fingerprint density at radius 2 is 0.811 bits per heavy atom. The summed E-state index contributed by atoms with van der Waals surface area (Å²) in [6.45, 7) is 37.5. The molecule has 0 aliphatic heterocycles. The maximum absolute atomic E-state index is 4.29. The van der Waals surface area contributed by atoms with Crippen LogP contribution in [0, 0.1) is 55.4 Å². The summed E-state index contributed by atoms with van der Waals surface area (Å²) >= 11 is 0. The molecular formula is C96H104N10+2. The number of hydrogen-bond donors (Lipinski definition) is 0. The Bertz CT molecular complexity index is 6040. The zero-order valence-corrected chi connectivity index (χ0v) is 65.9. The molecule has 7 aromatic heterocycles. The van der Waals surface area contributed by atoms with E-state index < -0.39 is 0 Å². The second-order valence-corrected chi connectivity index (χ2v) is 31.7. The van der Waals surface area contributed by atoms with Crippen LogP contribution in [-0.2, 0) is 37.4 Å². The molecule has 0 aliphatic carbocycles. The lowest BCUT2D eigenvalue weighted by atomic mass is 9.86. The highest BCUT2D eigenvalue weighted by Crippen LogP contribution is 2.40. The highest BCUT2D eigenvalue weighted by molar-refractivity contribution is 6.21. The molecule has 0 saturated carbocycles. The summed E-state index contributed by atoms with van der Waals surface area (Å²) in [5.41, 5.74) is 27.3.